The van der Waals surface area contributed by atoms with Gasteiger partial charge in [0, 0.05) is 0 Å². The van der Waals surface area contributed by atoms with Gasteiger partial charge in [-0.15, -0.1) is 0 Å². The molecule has 0 N–H and O–H groups in total. The minimum Gasteiger partial charge on any atom is -0.465 e. The van der Waals surface area contributed by atoms with Gasteiger partial charge >= 0.3 is 11.9 Å². The number of carbonyl (C=O) groups excluding carboxylic acids is 2. The lowest BCUT2D eigenvalue weighted by molar-refractivity contribution is -0.142. The molecule has 1 rings (SSSR count). The van der Waals surface area contributed by atoms with Crippen molar-refractivity contribution in [1.82, 2.24) is 0 Å². The lowest BCUT2D eigenvalue weighted by Gasteiger charge is -2.23. The van der Waals surface area contributed by atoms with Crippen molar-refractivity contribution in [3.8, 4) is 0 Å². The van der Waals surface area contributed by atoms with Gasteiger partial charge in [-0.3, -0.25) is 9.59 Å². The van der Waals surface area contributed by atoms with Gasteiger partial charge in [0.15, 0.2) is 0 Å². The molecular weight excluding hydrogens is 284 g/mol. The zero-order valence-corrected chi connectivity index (χ0v) is 11.9. The van der Waals surface area contributed by atoms with E-state index in [1.165, 1.54) is 6.07 Å². The van der Waals surface area contributed by atoms with Crippen molar-refractivity contribution in [1.29, 1.82) is 0 Å². The third kappa shape index (κ3) is 5.02. The van der Waals surface area contributed by atoms with Crippen LogP contribution in [0.1, 0.15) is 13.8 Å². The highest BCUT2D eigenvalue weighted by molar-refractivity contribution is 5.81. The number of halogens is 2. The average Bonchev–Trinajstić information content (AvgIpc) is 2.38. The number of para-hydroxylation sites is 1. The van der Waals surface area contributed by atoms with Crippen molar-refractivity contribution in [3.05, 3.63) is 29.8 Å². The van der Waals surface area contributed by atoms with Crippen LogP contribution in [0.3, 0.4) is 0 Å². The van der Waals surface area contributed by atoms with Crippen LogP contribution in [0, 0.1) is 11.6 Å². The zero-order valence-electron chi connectivity index (χ0n) is 11.9. The number of rotatable bonds is 7. The highest BCUT2D eigenvalue weighted by Gasteiger charge is 2.22. The number of benzene rings is 1. The summed E-state index contributed by atoms with van der Waals surface area (Å²) >= 11 is 0. The highest BCUT2D eigenvalue weighted by Crippen LogP contribution is 2.23. The number of hydrogen-bond donors (Lipinski definition) is 0. The average molecular weight is 301 g/mol. The van der Waals surface area contributed by atoms with E-state index in [2.05, 4.69) is 0 Å². The monoisotopic (exact) mass is 301 g/mol. The summed E-state index contributed by atoms with van der Waals surface area (Å²) in [5.41, 5.74) is -0.460. The molecule has 116 valence electrons. The van der Waals surface area contributed by atoms with Crippen LogP contribution in [0.2, 0.25) is 0 Å². The summed E-state index contributed by atoms with van der Waals surface area (Å²) in [4.78, 5) is 24.0. The van der Waals surface area contributed by atoms with Crippen LogP contribution >= 0.6 is 0 Å². The van der Waals surface area contributed by atoms with Crippen molar-refractivity contribution in [2.24, 2.45) is 0 Å². The van der Waals surface area contributed by atoms with Gasteiger partial charge in [-0.1, -0.05) is 6.07 Å². The third-order valence-electron chi connectivity index (χ3n) is 2.50. The SMILES string of the molecule is CCOC(=O)CN(CC(=O)OCC)c1c(F)cccc1F. The minimum absolute atomic E-state index is 0.131. The van der Waals surface area contributed by atoms with E-state index in [1.54, 1.807) is 13.8 Å². The van der Waals surface area contributed by atoms with E-state index >= 15 is 0 Å². The number of carbonyl (C=O) groups is 2. The summed E-state index contributed by atoms with van der Waals surface area (Å²) in [5.74, 6) is -3.12. The molecule has 0 unspecified atom stereocenters. The molecule has 0 fully saturated rings. The summed E-state index contributed by atoms with van der Waals surface area (Å²) in [6.07, 6.45) is 0. The van der Waals surface area contributed by atoms with Crippen LogP contribution < -0.4 is 4.90 Å². The second-order valence-corrected chi connectivity index (χ2v) is 4.04. The number of ether oxygens (including phenoxy) is 2. The molecule has 0 spiro atoms. The fourth-order valence-electron chi connectivity index (χ4n) is 1.73. The highest BCUT2D eigenvalue weighted by atomic mass is 19.1. The van der Waals surface area contributed by atoms with Crippen LogP contribution in [-0.2, 0) is 19.1 Å². The summed E-state index contributed by atoms with van der Waals surface area (Å²) in [5, 5.41) is 0. The van der Waals surface area contributed by atoms with Gasteiger partial charge in [0.2, 0.25) is 0 Å². The molecule has 0 atom stereocenters. The third-order valence-corrected chi connectivity index (χ3v) is 2.50. The topological polar surface area (TPSA) is 55.8 Å². The van der Waals surface area contributed by atoms with Crippen LogP contribution in [0.4, 0.5) is 14.5 Å². The normalized spacial score (nSPS) is 10.1. The largest absolute Gasteiger partial charge is 0.465 e. The first-order valence-electron chi connectivity index (χ1n) is 6.49. The van der Waals surface area contributed by atoms with Gasteiger partial charge in [-0.2, -0.15) is 0 Å². The van der Waals surface area contributed by atoms with Crippen LogP contribution in [-0.4, -0.2) is 38.2 Å². The van der Waals surface area contributed by atoms with Crippen LogP contribution in [0.5, 0.6) is 0 Å². The molecule has 21 heavy (non-hydrogen) atoms. The summed E-state index contributed by atoms with van der Waals surface area (Å²) in [7, 11) is 0. The van der Waals surface area contributed by atoms with Crippen molar-refractivity contribution in [3.63, 3.8) is 0 Å². The molecule has 1 aromatic carbocycles. The maximum absolute atomic E-state index is 13.8. The van der Waals surface area contributed by atoms with Crippen molar-refractivity contribution in [2.45, 2.75) is 13.8 Å². The van der Waals surface area contributed by atoms with Gasteiger partial charge in [0.25, 0.3) is 0 Å². The first kappa shape index (κ1) is 16.9. The molecule has 5 nitrogen and oxygen atoms in total. The van der Waals surface area contributed by atoms with Crippen LogP contribution in [0.25, 0.3) is 0 Å². The molecule has 1 aromatic rings. The lowest BCUT2D eigenvalue weighted by atomic mass is 10.2. The molecule has 0 saturated heterocycles. The fourth-order valence-corrected chi connectivity index (χ4v) is 1.73. The Morgan fingerprint density at radius 2 is 1.43 bits per heavy atom. The molecule has 0 heterocycles. The molecule has 0 aliphatic rings. The molecule has 0 aliphatic carbocycles. The van der Waals surface area contributed by atoms with Crippen molar-refractivity contribution in [2.75, 3.05) is 31.2 Å². The van der Waals surface area contributed by atoms with Gasteiger partial charge in [0.05, 0.1) is 13.2 Å². The van der Waals surface area contributed by atoms with E-state index in [1.807, 2.05) is 0 Å². The molecule has 0 amide bonds. The van der Waals surface area contributed by atoms with Gasteiger partial charge < -0.3 is 14.4 Å². The van der Waals surface area contributed by atoms with Gasteiger partial charge in [-0.05, 0) is 26.0 Å². The lowest BCUT2D eigenvalue weighted by Crippen LogP contribution is -2.37. The predicted molar refractivity (Wildman–Crippen MR) is 71.8 cm³/mol. The molecule has 0 aliphatic heterocycles. The molecule has 0 aromatic heterocycles. The summed E-state index contributed by atoms with van der Waals surface area (Å²) in [6.45, 7) is 2.57. The number of hydrogen-bond acceptors (Lipinski definition) is 5. The first-order valence-corrected chi connectivity index (χ1v) is 6.49. The van der Waals surface area contributed by atoms with E-state index in [0.29, 0.717) is 0 Å². The van der Waals surface area contributed by atoms with Crippen LogP contribution in [0.15, 0.2) is 18.2 Å². The van der Waals surface area contributed by atoms with E-state index in [-0.39, 0.29) is 13.2 Å². The minimum atomic E-state index is -0.872. The Balaban J connectivity index is 3.00. The Kier molecular flexibility index (Phi) is 6.58. The summed E-state index contributed by atoms with van der Waals surface area (Å²) in [6, 6.07) is 3.28. The van der Waals surface area contributed by atoms with E-state index in [0.717, 1.165) is 17.0 Å². The van der Waals surface area contributed by atoms with Gasteiger partial charge in [-0.25, -0.2) is 8.78 Å². The number of esters is 2. The quantitative estimate of drug-likeness (QED) is 0.720. The standard InChI is InChI=1S/C14H17F2NO4/c1-3-20-12(18)8-17(9-13(19)21-4-2)14-10(15)6-5-7-11(14)16/h5-7H,3-4,8-9H2,1-2H3. The molecular formula is C14H17F2NO4. The first-order chi connectivity index (χ1) is 9.99. The summed E-state index contributed by atoms with van der Waals surface area (Å²) < 4.78 is 37.0. The second-order valence-electron chi connectivity index (χ2n) is 4.04. The second kappa shape index (κ2) is 8.18. The van der Waals surface area contributed by atoms with E-state index in [4.69, 9.17) is 9.47 Å². The van der Waals surface area contributed by atoms with E-state index in [9.17, 15) is 18.4 Å². The Hall–Kier alpha value is -2.18. The Morgan fingerprint density at radius 1 is 1.00 bits per heavy atom. The fraction of sp³-hybridized carbons (Fsp3) is 0.429. The zero-order chi connectivity index (χ0) is 15.8. The maximum Gasteiger partial charge on any atom is 0.325 e. The van der Waals surface area contributed by atoms with E-state index < -0.39 is 42.3 Å². The van der Waals surface area contributed by atoms with Crippen molar-refractivity contribution >= 4 is 17.6 Å². The molecule has 0 bridgehead atoms. The number of anilines is 1. The predicted octanol–water partition coefficient (Wildman–Crippen LogP) is 1.90. The Bertz CT molecular complexity index is 467. The Labute approximate surface area is 121 Å². The molecule has 0 radical (unpaired) electrons. The smallest absolute Gasteiger partial charge is 0.325 e. The Morgan fingerprint density at radius 3 is 1.81 bits per heavy atom. The maximum atomic E-state index is 13.8. The molecule has 0 saturated carbocycles. The number of nitrogens with zero attached hydrogens (tertiary/aromatic N) is 1. The van der Waals surface area contributed by atoms with Crippen molar-refractivity contribution < 1.29 is 27.8 Å². The molecule has 7 heteroatoms. The van der Waals surface area contributed by atoms with Gasteiger partial charge in [0.1, 0.15) is 30.4 Å².